The molecule has 0 aliphatic rings. The van der Waals surface area contributed by atoms with Gasteiger partial charge < -0.3 is 14.6 Å². The minimum atomic E-state index is 0.768. The fourth-order valence-corrected chi connectivity index (χ4v) is 1.21. The quantitative estimate of drug-likeness (QED) is 0.645. The van der Waals surface area contributed by atoms with Gasteiger partial charge in [0.25, 0.3) is 0 Å². The third-order valence-electron chi connectivity index (χ3n) is 2.08. The van der Waals surface area contributed by atoms with Gasteiger partial charge in [-0.2, -0.15) is 0 Å². The summed E-state index contributed by atoms with van der Waals surface area (Å²) in [5.41, 5.74) is 0. The predicted octanol–water partition coefficient (Wildman–Crippen LogP) is 0.721. The molecule has 0 aliphatic carbocycles. The molecule has 0 atom stereocenters. The minimum Gasteiger partial charge on any atom is -0.381 e. The molecule has 1 N–H and O–H groups in total. The highest BCUT2D eigenvalue weighted by molar-refractivity contribution is 4.82. The molecule has 1 aromatic heterocycles. The Morgan fingerprint density at radius 1 is 1.47 bits per heavy atom. The summed E-state index contributed by atoms with van der Waals surface area (Å²) in [6.07, 6.45) is 3.84. The summed E-state index contributed by atoms with van der Waals surface area (Å²) in [6, 6.07) is 0. The van der Waals surface area contributed by atoms with Crippen LogP contribution in [-0.2, 0) is 18.3 Å². The van der Waals surface area contributed by atoms with E-state index in [0.717, 1.165) is 45.0 Å². The van der Waals surface area contributed by atoms with Crippen molar-refractivity contribution in [3.63, 3.8) is 0 Å². The molecule has 0 radical (unpaired) electrons. The van der Waals surface area contributed by atoms with Crippen molar-refractivity contribution in [2.45, 2.75) is 26.3 Å². The zero-order valence-electron chi connectivity index (χ0n) is 9.57. The summed E-state index contributed by atoms with van der Waals surface area (Å²) in [5.74, 6) is 0.962. The predicted molar refractivity (Wildman–Crippen MR) is 58.4 cm³/mol. The molecule has 0 saturated heterocycles. The van der Waals surface area contributed by atoms with Crippen LogP contribution in [0.15, 0.2) is 6.33 Å². The van der Waals surface area contributed by atoms with E-state index in [4.69, 9.17) is 4.74 Å². The number of nitrogens with zero attached hydrogens (tertiary/aromatic N) is 3. The van der Waals surface area contributed by atoms with E-state index in [9.17, 15) is 0 Å². The summed E-state index contributed by atoms with van der Waals surface area (Å²) in [4.78, 5) is 0. The van der Waals surface area contributed by atoms with Gasteiger partial charge in [0.1, 0.15) is 12.2 Å². The molecule has 5 nitrogen and oxygen atoms in total. The van der Waals surface area contributed by atoms with Gasteiger partial charge in [-0.25, -0.2) is 0 Å². The van der Waals surface area contributed by atoms with Gasteiger partial charge in [0, 0.05) is 20.3 Å². The lowest BCUT2D eigenvalue weighted by Gasteiger charge is -2.04. The van der Waals surface area contributed by atoms with E-state index in [1.165, 1.54) is 0 Å². The fourth-order valence-electron chi connectivity index (χ4n) is 1.21. The Labute approximate surface area is 90.8 Å². The average Bonchev–Trinajstić information content (AvgIpc) is 2.63. The Kier molecular flexibility index (Phi) is 5.96. The molecule has 1 aromatic rings. The number of aromatic nitrogens is 3. The van der Waals surface area contributed by atoms with Crippen LogP contribution >= 0.6 is 0 Å². The largest absolute Gasteiger partial charge is 0.381 e. The van der Waals surface area contributed by atoms with E-state index in [-0.39, 0.29) is 0 Å². The minimum absolute atomic E-state index is 0.768. The van der Waals surface area contributed by atoms with Crippen molar-refractivity contribution in [3.8, 4) is 0 Å². The lowest BCUT2D eigenvalue weighted by atomic mass is 10.4. The molecular formula is C10H20N4O. The molecule has 1 heterocycles. The van der Waals surface area contributed by atoms with Crippen LogP contribution in [0.2, 0.25) is 0 Å². The SMILES string of the molecule is CCCOCCCNCc1nncn1C. The third kappa shape index (κ3) is 4.90. The Bertz CT molecular complexity index is 262. The molecule has 0 spiro atoms. The van der Waals surface area contributed by atoms with Crippen LogP contribution in [0.4, 0.5) is 0 Å². The van der Waals surface area contributed by atoms with Crippen LogP contribution in [0.1, 0.15) is 25.6 Å². The first-order valence-corrected chi connectivity index (χ1v) is 5.46. The van der Waals surface area contributed by atoms with Crippen molar-refractivity contribution in [1.29, 1.82) is 0 Å². The van der Waals surface area contributed by atoms with Gasteiger partial charge in [-0.05, 0) is 19.4 Å². The number of aryl methyl sites for hydroxylation is 1. The fraction of sp³-hybridized carbons (Fsp3) is 0.800. The Morgan fingerprint density at radius 3 is 3.00 bits per heavy atom. The Hall–Kier alpha value is -0.940. The number of hydrogen-bond acceptors (Lipinski definition) is 4. The molecule has 0 amide bonds. The first-order valence-electron chi connectivity index (χ1n) is 5.46. The molecule has 0 fully saturated rings. The van der Waals surface area contributed by atoms with Crippen molar-refractivity contribution in [2.24, 2.45) is 7.05 Å². The third-order valence-corrected chi connectivity index (χ3v) is 2.08. The van der Waals surface area contributed by atoms with E-state index in [0.29, 0.717) is 0 Å². The van der Waals surface area contributed by atoms with Gasteiger partial charge in [-0.15, -0.1) is 10.2 Å². The van der Waals surface area contributed by atoms with Gasteiger partial charge in [0.15, 0.2) is 0 Å². The lowest BCUT2D eigenvalue weighted by molar-refractivity contribution is 0.132. The van der Waals surface area contributed by atoms with Crippen molar-refractivity contribution < 1.29 is 4.74 Å². The van der Waals surface area contributed by atoms with E-state index >= 15 is 0 Å². The van der Waals surface area contributed by atoms with E-state index < -0.39 is 0 Å². The highest BCUT2D eigenvalue weighted by Crippen LogP contribution is 1.90. The molecule has 0 unspecified atom stereocenters. The molecule has 0 aromatic carbocycles. The standard InChI is InChI=1S/C10H20N4O/c1-3-6-15-7-4-5-11-8-10-13-12-9-14(10)2/h9,11H,3-8H2,1-2H3. The van der Waals surface area contributed by atoms with E-state index in [2.05, 4.69) is 22.4 Å². The highest BCUT2D eigenvalue weighted by atomic mass is 16.5. The van der Waals surface area contributed by atoms with Crippen LogP contribution in [0.5, 0.6) is 0 Å². The molecule has 5 heteroatoms. The van der Waals surface area contributed by atoms with Gasteiger partial charge >= 0.3 is 0 Å². The van der Waals surface area contributed by atoms with Gasteiger partial charge in [-0.1, -0.05) is 6.92 Å². The zero-order chi connectivity index (χ0) is 10.9. The maximum absolute atomic E-state index is 5.37. The van der Waals surface area contributed by atoms with Crippen LogP contribution in [-0.4, -0.2) is 34.5 Å². The lowest BCUT2D eigenvalue weighted by Crippen LogP contribution is -2.18. The topological polar surface area (TPSA) is 52.0 Å². The van der Waals surface area contributed by atoms with Crippen LogP contribution in [0.25, 0.3) is 0 Å². The zero-order valence-corrected chi connectivity index (χ0v) is 9.57. The Balaban J connectivity index is 1.96. The first kappa shape index (κ1) is 12.1. The number of hydrogen-bond donors (Lipinski definition) is 1. The van der Waals surface area contributed by atoms with Crippen LogP contribution in [0, 0.1) is 0 Å². The monoisotopic (exact) mass is 212 g/mol. The number of ether oxygens (including phenoxy) is 1. The van der Waals surface area contributed by atoms with Crippen molar-refractivity contribution in [3.05, 3.63) is 12.2 Å². The normalized spacial score (nSPS) is 10.8. The summed E-state index contributed by atoms with van der Waals surface area (Å²) in [5, 5.41) is 11.1. The second-order valence-electron chi connectivity index (χ2n) is 3.50. The van der Waals surface area contributed by atoms with Gasteiger partial charge in [0.2, 0.25) is 0 Å². The maximum atomic E-state index is 5.37. The van der Waals surface area contributed by atoms with Crippen molar-refractivity contribution >= 4 is 0 Å². The van der Waals surface area contributed by atoms with E-state index in [1.807, 2.05) is 11.6 Å². The second kappa shape index (κ2) is 7.36. The van der Waals surface area contributed by atoms with Gasteiger partial charge in [0.05, 0.1) is 6.54 Å². The summed E-state index contributed by atoms with van der Waals surface area (Å²) in [6.45, 7) is 5.54. The maximum Gasteiger partial charge on any atom is 0.146 e. The number of rotatable bonds is 8. The molecular weight excluding hydrogens is 192 g/mol. The van der Waals surface area contributed by atoms with Crippen LogP contribution in [0.3, 0.4) is 0 Å². The first-order chi connectivity index (χ1) is 7.34. The van der Waals surface area contributed by atoms with Crippen LogP contribution < -0.4 is 5.32 Å². The van der Waals surface area contributed by atoms with Crippen molar-refractivity contribution in [2.75, 3.05) is 19.8 Å². The molecule has 0 saturated carbocycles. The summed E-state index contributed by atoms with van der Waals surface area (Å²) in [7, 11) is 1.95. The molecule has 0 bridgehead atoms. The molecule has 15 heavy (non-hydrogen) atoms. The molecule has 86 valence electrons. The molecule has 1 rings (SSSR count). The number of nitrogens with one attached hydrogen (secondary N) is 1. The van der Waals surface area contributed by atoms with Gasteiger partial charge in [-0.3, -0.25) is 0 Å². The summed E-state index contributed by atoms with van der Waals surface area (Å²) < 4.78 is 7.29. The highest BCUT2D eigenvalue weighted by Gasteiger charge is 1.98. The summed E-state index contributed by atoms with van der Waals surface area (Å²) >= 11 is 0. The smallest absolute Gasteiger partial charge is 0.146 e. The molecule has 0 aliphatic heterocycles. The second-order valence-corrected chi connectivity index (χ2v) is 3.50. The van der Waals surface area contributed by atoms with Crippen molar-refractivity contribution in [1.82, 2.24) is 20.1 Å². The Morgan fingerprint density at radius 2 is 2.33 bits per heavy atom. The average molecular weight is 212 g/mol. The van der Waals surface area contributed by atoms with E-state index in [1.54, 1.807) is 6.33 Å².